The molecule has 0 unspecified atom stereocenters. The molecule has 176 valence electrons. The molecule has 0 saturated heterocycles. The van der Waals surface area contributed by atoms with Gasteiger partial charge in [-0.15, -0.1) is 0 Å². The van der Waals surface area contributed by atoms with Crippen LogP contribution >= 0.6 is 11.8 Å². The van der Waals surface area contributed by atoms with Gasteiger partial charge in [0.05, 0.1) is 35.2 Å². The van der Waals surface area contributed by atoms with Crippen LogP contribution in [0.1, 0.15) is 5.76 Å². The summed E-state index contributed by atoms with van der Waals surface area (Å²) in [6.07, 6.45) is -3.30. The number of furan rings is 1. The Balaban J connectivity index is 1.66. The maximum absolute atomic E-state index is 13.4. The van der Waals surface area contributed by atoms with Crippen molar-refractivity contribution in [3.05, 3.63) is 88.9 Å². The first kappa shape index (κ1) is 23.6. The lowest BCUT2D eigenvalue weighted by molar-refractivity contribution is -0.161. The van der Waals surface area contributed by atoms with E-state index in [9.17, 15) is 27.2 Å². The van der Waals surface area contributed by atoms with E-state index in [1.165, 1.54) is 47.2 Å². The van der Waals surface area contributed by atoms with Crippen LogP contribution in [0.5, 0.6) is 0 Å². The van der Waals surface area contributed by atoms with Gasteiger partial charge >= 0.3 is 6.18 Å². The molecule has 2 aromatic heterocycles. The molecule has 0 spiro atoms. The highest BCUT2D eigenvalue weighted by molar-refractivity contribution is 7.99. The highest BCUT2D eigenvalue weighted by Crippen LogP contribution is 2.24. The van der Waals surface area contributed by atoms with E-state index < -0.39 is 35.8 Å². The molecule has 11 heteroatoms. The van der Waals surface area contributed by atoms with Gasteiger partial charge in [-0.3, -0.25) is 14.2 Å². The second-order valence-electron chi connectivity index (χ2n) is 7.26. The highest BCUT2D eigenvalue weighted by atomic mass is 32.2. The summed E-state index contributed by atoms with van der Waals surface area (Å²) in [7, 11) is 0. The molecule has 0 aliphatic rings. The number of thioether (sulfide) groups is 1. The van der Waals surface area contributed by atoms with Crippen LogP contribution in [0, 0.1) is 5.82 Å². The number of nitrogens with zero attached hydrogens (tertiary/aromatic N) is 3. The van der Waals surface area contributed by atoms with E-state index in [-0.39, 0.29) is 17.5 Å². The van der Waals surface area contributed by atoms with Crippen LogP contribution < -0.4 is 5.56 Å². The molecule has 2 heterocycles. The van der Waals surface area contributed by atoms with Gasteiger partial charge in [0, 0.05) is 0 Å². The molecule has 4 rings (SSSR count). The van der Waals surface area contributed by atoms with Crippen molar-refractivity contribution in [1.29, 1.82) is 0 Å². The average Bonchev–Trinajstić information content (AvgIpc) is 3.30. The van der Waals surface area contributed by atoms with Gasteiger partial charge in [0.2, 0.25) is 5.91 Å². The van der Waals surface area contributed by atoms with Gasteiger partial charge in [-0.05, 0) is 48.5 Å². The van der Waals surface area contributed by atoms with Crippen molar-refractivity contribution in [3.8, 4) is 5.69 Å². The predicted octanol–water partition coefficient (Wildman–Crippen LogP) is 4.80. The van der Waals surface area contributed by atoms with Gasteiger partial charge in [0.25, 0.3) is 5.56 Å². The Hall–Kier alpha value is -3.60. The lowest BCUT2D eigenvalue weighted by atomic mass is 10.2. The van der Waals surface area contributed by atoms with Crippen molar-refractivity contribution in [3.63, 3.8) is 0 Å². The number of carbonyl (C=O) groups excluding carboxylic acids is 1. The fourth-order valence-corrected chi connectivity index (χ4v) is 4.20. The Morgan fingerprint density at radius 1 is 1.06 bits per heavy atom. The molecule has 6 nitrogen and oxygen atoms in total. The molecule has 0 radical (unpaired) electrons. The van der Waals surface area contributed by atoms with Crippen LogP contribution in [0.4, 0.5) is 17.6 Å². The van der Waals surface area contributed by atoms with E-state index >= 15 is 0 Å². The lowest BCUT2D eigenvalue weighted by Gasteiger charge is -2.23. The third-order valence-corrected chi connectivity index (χ3v) is 5.73. The van der Waals surface area contributed by atoms with Crippen LogP contribution in [-0.2, 0) is 11.3 Å². The van der Waals surface area contributed by atoms with Gasteiger partial charge in [-0.25, -0.2) is 9.37 Å². The first-order valence-corrected chi connectivity index (χ1v) is 11.0. The van der Waals surface area contributed by atoms with Gasteiger partial charge in [-0.2, -0.15) is 13.2 Å². The Morgan fingerprint density at radius 2 is 1.79 bits per heavy atom. The Labute approximate surface area is 194 Å². The topological polar surface area (TPSA) is 68.3 Å². The Morgan fingerprint density at radius 3 is 2.47 bits per heavy atom. The van der Waals surface area contributed by atoms with E-state index in [4.69, 9.17) is 4.42 Å². The zero-order chi connectivity index (χ0) is 24.3. The van der Waals surface area contributed by atoms with Crippen molar-refractivity contribution in [1.82, 2.24) is 14.5 Å². The van der Waals surface area contributed by atoms with Gasteiger partial charge in [0.1, 0.15) is 18.1 Å². The normalized spacial score (nSPS) is 11.6. The maximum Gasteiger partial charge on any atom is 0.406 e. The summed E-state index contributed by atoms with van der Waals surface area (Å²) in [5.41, 5.74) is 0.223. The minimum Gasteiger partial charge on any atom is -0.467 e. The number of halogens is 4. The van der Waals surface area contributed by atoms with E-state index in [2.05, 4.69) is 4.98 Å². The summed E-state index contributed by atoms with van der Waals surface area (Å²) in [5, 5.41) is 0.396. The minimum atomic E-state index is -4.61. The van der Waals surface area contributed by atoms with E-state index in [1.807, 2.05) is 0 Å². The molecule has 0 atom stereocenters. The summed E-state index contributed by atoms with van der Waals surface area (Å²) < 4.78 is 59.0. The molecule has 2 aromatic carbocycles. The largest absolute Gasteiger partial charge is 0.467 e. The second kappa shape index (κ2) is 9.72. The molecule has 0 N–H and O–H groups in total. The van der Waals surface area contributed by atoms with E-state index in [0.29, 0.717) is 21.5 Å². The van der Waals surface area contributed by atoms with Crippen LogP contribution in [0.25, 0.3) is 16.6 Å². The highest BCUT2D eigenvalue weighted by Gasteiger charge is 2.33. The number of benzene rings is 2. The molecule has 0 bridgehead atoms. The molecular formula is C23H17F4N3O3S. The summed E-state index contributed by atoms with van der Waals surface area (Å²) >= 11 is 0.819. The van der Waals surface area contributed by atoms with E-state index in [0.717, 1.165) is 11.8 Å². The number of amides is 1. The summed E-state index contributed by atoms with van der Waals surface area (Å²) in [5.74, 6) is -1.53. The van der Waals surface area contributed by atoms with Gasteiger partial charge < -0.3 is 9.32 Å². The molecule has 34 heavy (non-hydrogen) atoms. The molecule has 1 amide bonds. The van der Waals surface area contributed by atoms with Crippen LogP contribution in [0.3, 0.4) is 0 Å². The summed E-state index contributed by atoms with van der Waals surface area (Å²) in [4.78, 5) is 31.0. The monoisotopic (exact) mass is 491 g/mol. The molecule has 4 aromatic rings. The van der Waals surface area contributed by atoms with Crippen LogP contribution in [0.2, 0.25) is 0 Å². The van der Waals surface area contributed by atoms with Gasteiger partial charge in [-0.1, -0.05) is 23.9 Å². The SMILES string of the molecule is O=C(CSc1nc2ccccc2c(=O)n1-c1ccc(F)cc1)N(Cc1ccco1)CC(F)(F)F. The molecule has 0 aliphatic carbocycles. The summed E-state index contributed by atoms with van der Waals surface area (Å²) in [6.45, 7) is -1.81. The number of rotatable bonds is 7. The quantitative estimate of drug-likeness (QED) is 0.211. The molecular weight excluding hydrogens is 474 g/mol. The number of alkyl halides is 3. The van der Waals surface area contributed by atoms with Crippen molar-refractivity contribution in [2.24, 2.45) is 0 Å². The second-order valence-corrected chi connectivity index (χ2v) is 8.20. The fourth-order valence-electron chi connectivity index (χ4n) is 3.28. The Kier molecular flexibility index (Phi) is 6.73. The number of aromatic nitrogens is 2. The van der Waals surface area contributed by atoms with E-state index in [1.54, 1.807) is 24.3 Å². The lowest BCUT2D eigenvalue weighted by Crippen LogP contribution is -2.39. The van der Waals surface area contributed by atoms with Crippen LogP contribution in [0.15, 0.2) is 81.3 Å². The smallest absolute Gasteiger partial charge is 0.406 e. The van der Waals surface area contributed by atoms with Crippen molar-refractivity contribution < 1.29 is 26.8 Å². The average molecular weight is 491 g/mol. The Bertz CT molecular complexity index is 1350. The standard InChI is InChI=1S/C23H17F4N3O3S/c24-15-7-9-16(10-8-15)30-21(32)18-5-1-2-6-19(18)28-22(30)34-13-20(31)29(14-23(25,26)27)12-17-4-3-11-33-17/h1-11H,12-14H2. The predicted molar refractivity (Wildman–Crippen MR) is 118 cm³/mol. The number of para-hydroxylation sites is 1. The van der Waals surface area contributed by atoms with Gasteiger partial charge in [0.15, 0.2) is 5.16 Å². The van der Waals surface area contributed by atoms with Crippen molar-refractivity contribution >= 4 is 28.6 Å². The number of hydrogen-bond acceptors (Lipinski definition) is 5. The summed E-state index contributed by atoms with van der Waals surface area (Å²) in [6, 6.07) is 14.6. The zero-order valence-electron chi connectivity index (χ0n) is 17.5. The molecule has 0 saturated carbocycles. The van der Waals surface area contributed by atoms with Crippen LogP contribution in [-0.4, -0.2) is 38.8 Å². The first-order chi connectivity index (χ1) is 16.2. The number of hydrogen-bond donors (Lipinski definition) is 0. The van der Waals surface area contributed by atoms with Crippen molar-refractivity contribution in [2.75, 3.05) is 12.3 Å². The molecule has 0 fully saturated rings. The first-order valence-electron chi connectivity index (χ1n) is 9.99. The molecule has 0 aliphatic heterocycles. The maximum atomic E-state index is 13.4. The number of carbonyl (C=O) groups is 1. The number of fused-ring (bicyclic) bond motifs is 1. The fraction of sp³-hybridized carbons (Fsp3) is 0.174. The zero-order valence-corrected chi connectivity index (χ0v) is 18.3. The van der Waals surface area contributed by atoms with Crippen molar-refractivity contribution in [2.45, 2.75) is 17.9 Å². The third kappa shape index (κ3) is 5.48. The third-order valence-electron chi connectivity index (χ3n) is 4.80. The minimum absolute atomic E-state index is 0.0913.